The number of fused-ring (bicyclic) bond motifs is 1. The van der Waals surface area contributed by atoms with Crippen LogP contribution in [0.2, 0.25) is 5.02 Å². The van der Waals surface area contributed by atoms with Gasteiger partial charge in [-0.3, -0.25) is 19.2 Å². The normalized spacial score (nSPS) is 19.2. The number of aromatic nitrogens is 1. The van der Waals surface area contributed by atoms with Gasteiger partial charge in [-0.15, -0.1) is 11.3 Å². The molecule has 3 atom stereocenters. The molecule has 248 valence electrons. The van der Waals surface area contributed by atoms with Crippen molar-refractivity contribution in [1.29, 1.82) is 0 Å². The first-order valence-electron chi connectivity index (χ1n) is 14.4. The highest BCUT2D eigenvalue weighted by Crippen LogP contribution is 2.56. The Bertz CT molecular complexity index is 1820. The fraction of sp³-hybridized carbons (Fsp3) is 0.344. The number of hydrogen-bond acceptors (Lipinski definition) is 12. The number of aromatic hydroxyl groups is 1. The molecule has 0 saturated carbocycles. The second kappa shape index (κ2) is 13.1. The zero-order chi connectivity index (χ0) is 34.2. The molecule has 1 spiro atoms. The van der Waals surface area contributed by atoms with Gasteiger partial charge in [-0.05, 0) is 24.6 Å². The number of carbonyl (C=O) groups excluding carboxylic acids is 4. The van der Waals surface area contributed by atoms with E-state index < -0.39 is 59.5 Å². The molecule has 0 saturated heterocycles. The number of methoxy groups -OCH3 is 3. The third kappa shape index (κ3) is 5.94. The second-order valence-corrected chi connectivity index (χ2v) is 12.3. The summed E-state index contributed by atoms with van der Waals surface area (Å²) >= 11 is 7.78. The molecule has 1 aliphatic heterocycles. The summed E-state index contributed by atoms with van der Waals surface area (Å²) in [6.45, 7) is 2.96. The Balaban J connectivity index is 1.56. The number of carbonyl (C=O) groups is 4. The maximum atomic E-state index is 14.2. The standard InChI is InChI=1S/C32H32ClN3O10S/c1-14-8-19(38)25(29(41)32(14)30(42)26-21(44-4)11-22(45-5)27(33)28(26)46-32)17(16-6-7-18(37)20(9-16)43-3)10-23(39)34-12-24(40)36-31-35-15(2)13-47-31/h6-7,9,11,13-14,17,37,41H,8,10,12H2,1-5H3,(H,34,39)(H,35,36,40)/t14-,17?,32+/m1/s1. The number of rotatable bonds is 10. The first-order valence-corrected chi connectivity index (χ1v) is 15.6. The van der Waals surface area contributed by atoms with E-state index in [2.05, 4.69) is 15.6 Å². The Kier molecular flexibility index (Phi) is 9.36. The molecule has 47 heavy (non-hydrogen) atoms. The molecule has 15 heteroatoms. The van der Waals surface area contributed by atoms with E-state index >= 15 is 0 Å². The van der Waals surface area contributed by atoms with Gasteiger partial charge in [0, 0.05) is 41.7 Å². The second-order valence-electron chi connectivity index (χ2n) is 11.1. The van der Waals surface area contributed by atoms with E-state index in [0.29, 0.717) is 10.7 Å². The summed E-state index contributed by atoms with van der Waals surface area (Å²) in [5.41, 5.74) is -1.34. The van der Waals surface area contributed by atoms with Gasteiger partial charge in [0.05, 0.1) is 33.6 Å². The molecule has 0 bridgehead atoms. The third-order valence-corrected chi connectivity index (χ3v) is 9.40. The Morgan fingerprint density at radius 3 is 2.45 bits per heavy atom. The maximum absolute atomic E-state index is 14.2. The van der Waals surface area contributed by atoms with Crippen LogP contribution in [0.3, 0.4) is 0 Å². The fourth-order valence-corrected chi connectivity index (χ4v) is 6.82. The zero-order valence-electron chi connectivity index (χ0n) is 26.1. The van der Waals surface area contributed by atoms with Gasteiger partial charge in [-0.2, -0.15) is 0 Å². The predicted octanol–water partition coefficient (Wildman–Crippen LogP) is 4.50. The summed E-state index contributed by atoms with van der Waals surface area (Å²) in [6, 6.07) is 5.61. The smallest absolute Gasteiger partial charge is 0.245 e. The number of allylic oxidation sites excluding steroid dienone is 1. The predicted molar refractivity (Wildman–Crippen MR) is 171 cm³/mol. The van der Waals surface area contributed by atoms with Crippen molar-refractivity contribution < 1.29 is 48.3 Å². The number of ether oxygens (including phenoxy) is 4. The number of aliphatic hydroxyl groups is 1. The molecule has 4 N–H and O–H groups in total. The molecule has 0 radical (unpaired) electrons. The van der Waals surface area contributed by atoms with E-state index in [1.807, 2.05) is 0 Å². The highest BCUT2D eigenvalue weighted by molar-refractivity contribution is 7.13. The zero-order valence-corrected chi connectivity index (χ0v) is 27.6. The number of phenols is 1. The van der Waals surface area contributed by atoms with Crippen LogP contribution in [0.5, 0.6) is 28.7 Å². The van der Waals surface area contributed by atoms with Crippen molar-refractivity contribution in [3.05, 3.63) is 62.8 Å². The number of anilines is 1. The van der Waals surface area contributed by atoms with Crippen molar-refractivity contribution >= 4 is 51.5 Å². The average Bonchev–Trinajstić information content (AvgIpc) is 3.60. The van der Waals surface area contributed by atoms with Crippen molar-refractivity contribution in [3.63, 3.8) is 0 Å². The molecule has 2 aliphatic rings. The van der Waals surface area contributed by atoms with Gasteiger partial charge in [0.2, 0.25) is 23.2 Å². The van der Waals surface area contributed by atoms with Gasteiger partial charge in [-0.25, -0.2) is 4.98 Å². The number of thiazole rings is 1. The molecule has 1 unspecified atom stereocenters. The lowest BCUT2D eigenvalue weighted by molar-refractivity contribution is -0.124. The van der Waals surface area contributed by atoms with E-state index in [1.54, 1.807) is 19.2 Å². The van der Waals surface area contributed by atoms with Crippen LogP contribution >= 0.6 is 22.9 Å². The first kappa shape index (κ1) is 33.5. The first-order chi connectivity index (χ1) is 22.4. The Hall–Kier alpha value is -4.82. The van der Waals surface area contributed by atoms with Crippen LogP contribution in [0, 0.1) is 12.8 Å². The molecule has 0 fully saturated rings. The van der Waals surface area contributed by atoms with Crippen molar-refractivity contribution in [2.24, 2.45) is 5.92 Å². The lowest BCUT2D eigenvalue weighted by atomic mass is 9.69. The quantitative estimate of drug-likeness (QED) is 0.236. The average molecular weight is 686 g/mol. The minimum atomic E-state index is -2.09. The third-order valence-electron chi connectivity index (χ3n) is 8.17. The van der Waals surface area contributed by atoms with Crippen LogP contribution in [0.4, 0.5) is 5.13 Å². The van der Waals surface area contributed by atoms with E-state index in [1.165, 1.54) is 56.9 Å². The van der Waals surface area contributed by atoms with Crippen molar-refractivity contribution in [1.82, 2.24) is 10.3 Å². The van der Waals surface area contributed by atoms with Crippen molar-refractivity contribution in [2.75, 3.05) is 33.2 Å². The number of phenolic OH excluding ortho intramolecular Hbond substituents is 1. The summed E-state index contributed by atoms with van der Waals surface area (Å²) in [5, 5.41) is 29.5. The lowest BCUT2D eigenvalue weighted by Crippen LogP contribution is -2.53. The summed E-state index contributed by atoms with van der Waals surface area (Å²) in [6.07, 6.45) is -0.675. The molecule has 2 heterocycles. The molecule has 1 aromatic heterocycles. The number of halogens is 1. The summed E-state index contributed by atoms with van der Waals surface area (Å²) in [7, 11) is 4.05. The summed E-state index contributed by atoms with van der Waals surface area (Å²) in [4.78, 5) is 58.0. The topological polar surface area (TPSA) is 183 Å². The van der Waals surface area contributed by atoms with Gasteiger partial charge in [0.25, 0.3) is 0 Å². The monoisotopic (exact) mass is 685 g/mol. The number of aryl methyl sites for hydroxylation is 1. The van der Waals surface area contributed by atoms with Gasteiger partial charge >= 0.3 is 0 Å². The SMILES string of the molecule is COc1cc(C(CC(=O)NCC(=O)Nc2nc(C)cs2)C2=C(O)[C@@]3(Oc4c(Cl)c(OC)cc(OC)c4C3=O)[C@H](C)CC2=O)ccc1O. The van der Waals surface area contributed by atoms with Crippen molar-refractivity contribution in [3.8, 4) is 28.7 Å². The number of nitrogens with one attached hydrogen (secondary N) is 2. The Morgan fingerprint density at radius 1 is 1.11 bits per heavy atom. The highest BCUT2D eigenvalue weighted by Gasteiger charge is 2.61. The molecular formula is C32H32ClN3O10S. The van der Waals surface area contributed by atoms with E-state index in [9.17, 15) is 29.4 Å². The fourth-order valence-electron chi connectivity index (χ4n) is 5.85. The number of hydrogen-bond donors (Lipinski definition) is 4. The molecule has 3 aromatic rings. The molecular weight excluding hydrogens is 654 g/mol. The molecule has 5 rings (SSSR count). The van der Waals surface area contributed by atoms with E-state index in [-0.39, 0.29) is 51.3 Å². The van der Waals surface area contributed by atoms with Crippen LogP contribution in [0.25, 0.3) is 0 Å². The molecule has 1 aliphatic carbocycles. The maximum Gasteiger partial charge on any atom is 0.245 e. The number of Topliss-reactive ketones (excluding diaryl/α,β-unsaturated/α-hetero) is 2. The number of amides is 2. The number of aliphatic hydroxyl groups excluding tert-OH is 1. The van der Waals surface area contributed by atoms with Gasteiger partial charge in [-0.1, -0.05) is 24.6 Å². The Labute approximate surface area is 278 Å². The molecule has 2 amide bonds. The van der Waals surface area contributed by atoms with Crippen LogP contribution < -0.4 is 29.6 Å². The number of benzene rings is 2. The minimum absolute atomic E-state index is 0.0302. The molecule has 2 aromatic carbocycles. The van der Waals surface area contributed by atoms with E-state index in [4.69, 9.17) is 30.5 Å². The van der Waals surface area contributed by atoms with Crippen LogP contribution in [0.15, 0.2) is 41.0 Å². The summed E-state index contributed by atoms with van der Waals surface area (Å²) < 4.78 is 22.3. The molecule has 13 nitrogen and oxygen atoms in total. The van der Waals surface area contributed by atoms with Gasteiger partial charge < -0.3 is 39.8 Å². The minimum Gasteiger partial charge on any atom is -0.507 e. The van der Waals surface area contributed by atoms with Crippen molar-refractivity contribution in [2.45, 2.75) is 38.2 Å². The lowest BCUT2D eigenvalue weighted by Gasteiger charge is -2.38. The van der Waals surface area contributed by atoms with Crippen LogP contribution in [0.1, 0.15) is 47.3 Å². The van der Waals surface area contributed by atoms with Gasteiger partial charge in [0.1, 0.15) is 22.1 Å². The number of ketones is 2. The van der Waals surface area contributed by atoms with Crippen LogP contribution in [-0.4, -0.2) is 72.1 Å². The van der Waals surface area contributed by atoms with Gasteiger partial charge in [0.15, 0.2) is 33.9 Å². The Morgan fingerprint density at radius 2 is 1.81 bits per heavy atom. The highest BCUT2D eigenvalue weighted by atomic mass is 35.5. The van der Waals surface area contributed by atoms with Crippen LogP contribution in [-0.2, 0) is 14.4 Å². The summed E-state index contributed by atoms with van der Waals surface area (Å²) in [5.74, 6) is -5.12. The largest absolute Gasteiger partial charge is 0.507 e. The number of nitrogens with zero attached hydrogens (tertiary/aromatic N) is 1. The van der Waals surface area contributed by atoms with E-state index in [0.717, 1.165) is 5.69 Å².